The fourth-order valence-corrected chi connectivity index (χ4v) is 8.27. The zero-order valence-corrected chi connectivity index (χ0v) is 26.2. The smallest absolute Gasteiger partial charge is 0.255 e. The van der Waals surface area contributed by atoms with E-state index < -0.39 is 10.0 Å². The minimum absolute atomic E-state index is 0.114. The lowest BCUT2D eigenvalue weighted by Gasteiger charge is -2.34. The summed E-state index contributed by atoms with van der Waals surface area (Å²) < 4.78 is 43.0. The molecule has 1 aliphatic rings. The zero-order valence-electron chi connectivity index (χ0n) is 24.5. The van der Waals surface area contributed by atoms with E-state index in [-0.39, 0.29) is 28.5 Å². The van der Waals surface area contributed by atoms with Crippen LogP contribution >= 0.6 is 11.8 Å². The molecular weight excluding hydrogens is 580 g/mol. The molecule has 1 fully saturated rings. The highest BCUT2D eigenvalue weighted by atomic mass is 32.2. The molecule has 0 aliphatic carbocycles. The van der Waals surface area contributed by atoms with Gasteiger partial charge in [0.05, 0.1) is 10.5 Å². The SMILES string of the molecule is C[C@H]1C[C@H](C)CN(S(=O)(=O)c2ccc(Sc3ccc(F)cc3)c(C(=O)N(CCc3ccccc3)Cc3ccccc3)c2)C1. The number of sulfonamides is 1. The summed E-state index contributed by atoms with van der Waals surface area (Å²) in [6, 6.07) is 30.7. The molecule has 0 spiro atoms. The maximum Gasteiger partial charge on any atom is 0.255 e. The Morgan fingerprint density at radius 1 is 0.860 bits per heavy atom. The van der Waals surface area contributed by atoms with Crippen molar-refractivity contribution in [3.05, 3.63) is 126 Å². The largest absolute Gasteiger partial charge is 0.334 e. The molecule has 1 amide bonds. The van der Waals surface area contributed by atoms with Gasteiger partial charge in [-0.1, -0.05) is 86.3 Å². The molecule has 8 heteroatoms. The first-order valence-corrected chi connectivity index (χ1v) is 16.9. The molecule has 0 saturated carbocycles. The van der Waals surface area contributed by atoms with E-state index in [1.807, 2.05) is 60.7 Å². The molecule has 1 aliphatic heterocycles. The normalized spacial score (nSPS) is 17.5. The maximum atomic E-state index is 14.4. The van der Waals surface area contributed by atoms with Gasteiger partial charge in [0.25, 0.3) is 5.91 Å². The van der Waals surface area contributed by atoms with Crippen LogP contribution in [0.4, 0.5) is 4.39 Å². The van der Waals surface area contributed by atoms with Crippen molar-refractivity contribution in [1.29, 1.82) is 0 Å². The van der Waals surface area contributed by atoms with Gasteiger partial charge in [-0.3, -0.25) is 4.79 Å². The highest BCUT2D eigenvalue weighted by molar-refractivity contribution is 7.99. The second-order valence-electron chi connectivity index (χ2n) is 11.4. The molecule has 1 saturated heterocycles. The molecule has 43 heavy (non-hydrogen) atoms. The summed E-state index contributed by atoms with van der Waals surface area (Å²) >= 11 is 1.32. The van der Waals surface area contributed by atoms with Crippen molar-refractivity contribution < 1.29 is 17.6 Å². The number of piperidine rings is 1. The molecule has 0 bridgehead atoms. The lowest BCUT2D eigenvalue weighted by Crippen LogP contribution is -2.42. The summed E-state index contributed by atoms with van der Waals surface area (Å²) in [6.45, 7) is 5.90. The van der Waals surface area contributed by atoms with Crippen LogP contribution in [0.2, 0.25) is 0 Å². The first-order chi connectivity index (χ1) is 20.7. The van der Waals surface area contributed by atoms with Gasteiger partial charge in [0.15, 0.2) is 0 Å². The third kappa shape index (κ3) is 7.93. The molecule has 4 aromatic carbocycles. The van der Waals surface area contributed by atoms with E-state index in [0.717, 1.165) is 22.4 Å². The number of amides is 1. The van der Waals surface area contributed by atoms with Crippen molar-refractivity contribution in [2.45, 2.75) is 47.9 Å². The molecular formula is C35H37FN2O3S2. The fraction of sp³-hybridized carbons (Fsp3) is 0.286. The summed E-state index contributed by atoms with van der Waals surface area (Å²) in [6.07, 6.45) is 1.64. The number of nitrogens with zero attached hydrogens (tertiary/aromatic N) is 2. The van der Waals surface area contributed by atoms with Crippen LogP contribution in [0.15, 0.2) is 118 Å². The number of halogens is 1. The Labute approximate surface area is 258 Å². The third-order valence-electron chi connectivity index (χ3n) is 7.71. The van der Waals surface area contributed by atoms with Crippen LogP contribution in [-0.4, -0.2) is 43.2 Å². The average molecular weight is 617 g/mol. The molecule has 1 heterocycles. The van der Waals surface area contributed by atoms with Crippen LogP contribution in [0.5, 0.6) is 0 Å². The van der Waals surface area contributed by atoms with Gasteiger partial charge < -0.3 is 4.90 Å². The summed E-state index contributed by atoms with van der Waals surface area (Å²) in [7, 11) is -3.82. The Bertz CT molecular complexity index is 1620. The molecule has 2 atom stereocenters. The molecule has 0 radical (unpaired) electrons. The first-order valence-electron chi connectivity index (χ1n) is 14.6. The monoisotopic (exact) mass is 616 g/mol. The van der Waals surface area contributed by atoms with E-state index in [1.165, 1.54) is 30.0 Å². The van der Waals surface area contributed by atoms with Crippen LogP contribution in [0.1, 0.15) is 41.8 Å². The van der Waals surface area contributed by atoms with Gasteiger partial charge >= 0.3 is 0 Å². The second-order valence-corrected chi connectivity index (χ2v) is 14.5. The van der Waals surface area contributed by atoms with Crippen molar-refractivity contribution in [2.75, 3.05) is 19.6 Å². The lowest BCUT2D eigenvalue weighted by atomic mass is 9.94. The summed E-state index contributed by atoms with van der Waals surface area (Å²) in [4.78, 5) is 17.7. The quantitative estimate of drug-likeness (QED) is 0.185. The number of rotatable bonds is 10. The number of carbonyl (C=O) groups is 1. The van der Waals surface area contributed by atoms with E-state index in [0.29, 0.717) is 43.1 Å². The Hall–Kier alpha value is -3.46. The Balaban J connectivity index is 1.53. The van der Waals surface area contributed by atoms with Gasteiger partial charge in [-0.15, -0.1) is 0 Å². The second kappa shape index (κ2) is 13.9. The Morgan fingerprint density at radius 3 is 2.09 bits per heavy atom. The predicted octanol–water partition coefficient (Wildman–Crippen LogP) is 7.53. The van der Waals surface area contributed by atoms with Crippen LogP contribution in [0.3, 0.4) is 0 Å². The molecule has 0 aromatic heterocycles. The first kappa shape index (κ1) is 31.0. The number of benzene rings is 4. The van der Waals surface area contributed by atoms with Crippen molar-refractivity contribution in [2.24, 2.45) is 11.8 Å². The van der Waals surface area contributed by atoms with E-state index in [9.17, 15) is 17.6 Å². The van der Waals surface area contributed by atoms with E-state index in [1.54, 1.807) is 33.5 Å². The average Bonchev–Trinajstić information content (AvgIpc) is 3.00. The van der Waals surface area contributed by atoms with Gasteiger partial charge in [-0.05, 0) is 78.3 Å². The lowest BCUT2D eigenvalue weighted by molar-refractivity contribution is 0.0741. The van der Waals surface area contributed by atoms with Crippen molar-refractivity contribution in [3.8, 4) is 0 Å². The topological polar surface area (TPSA) is 57.7 Å². The number of hydrogen-bond acceptors (Lipinski definition) is 4. The minimum atomic E-state index is -3.82. The molecule has 224 valence electrons. The number of hydrogen-bond donors (Lipinski definition) is 0. The molecule has 0 N–H and O–H groups in total. The molecule has 5 rings (SSSR count). The van der Waals surface area contributed by atoms with E-state index in [4.69, 9.17) is 0 Å². The molecule has 4 aromatic rings. The van der Waals surface area contributed by atoms with Crippen LogP contribution in [0.25, 0.3) is 0 Å². The van der Waals surface area contributed by atoms with Crippen molar-refractivity contribution in [1.82, 2.24) is 9.21 Å². The minimum Gasteiger partial charge on any atom is -0.334 e. The fourth-order valence-electron chi connectivity index (χ4n) is 5.64. The van der Waals surface area contributed by atoms with Gasteiger partial charge in [0.2, 0.25) is 10.0 Å². The van der Waals surface area contributed by atoms with Gasteiger partial charge in [0, 0.05) is 36.0 Å². The third-order valence-corrected chi connectivity index (χ3v) is 10.6. The number of carbonyl (C=O) groups excluding carboxylic acids is 1. The van der Waals surface area contributed by atoms with Gasteiger partial charge in [0.1, 0.15) is 5.82 Å². The van der Waals surface area contributed by atoms with Crippen LogP contribution in [0, 0.1) is 17.7 Å². The standard InChI is InChI=1S/C35H37FN2O3S2/c1-26-21-27(2)24-38(23-26)43(40,41)32-17-18-34(42-31-15-13-30(36)14-16-31)33(22-32)35(39)37(25-29-11-7-4-8-12-29)20-19-28-9-5-3-6-10-28/h3-18,22,26-27H,19-21,23-25H2,1-2H3/t26-,27-/m0/s1. The zero-order chi connectivity index (χ0) is 30.4. The van der Waals surface area contributed by atoms with Gasteiger partial charge in [-0.25, -0.2) is 12.8 Å². The molecule has 5 nitrogen and oxygen atoms in total. The highest BCUT2D eigenvalue weighted by Gasteiger charge is 2.33. The Morgan fingerprint density at radius 2 is 1.47 bits per heavy atom. The van der Waals surface area contributed by atoms with Gasteiger partial charge in [-0.2, -0.15) is 4.31 Å². The highest BCUT2D eigenvalue weighted by Crippen LogP contribution is 2.35. The summed E-state index contributed by atoms with van der Waals surface area (Å²) in [5, 5.41) is 0. The van der Waals surface area contributed by atoms with Crippen LogP contribution < -0.4 is 0 Å². The van der Waals surface area contributed by atoms with E-state index in [2.05, 4.69) is 13.8 Å². The van der Waals surface area contributed by atoms with E-state index >= 15 is 0 Å². The Kier molecular flexibility index (Phi) is 10.0. The van der Waals surface area contributed by atoms with Crippen molar-refractivity contribution >= 4 is 27.7 Å². The van der Waals surface area contributed by atoms with Crippen molar-refractivity contribution in [3.63, 3.8) is 0 Å². The summed E-state index contributed by atoms with van der Waals surface area (Å²) in [5.41, 5.74) is 2.41. The molecule has 0 unspecified atom stereocenters. The summed E-state index contributed by atoms with van der Waals surface area (Å²) in [5.74, 6) is -0.0802. The van der Waals surface area contributed by atoms with Crippen LogP contribution in [-0.2, 0) is 23.0 Å². The predicted molar refractivity (Wildman–Crippen MR) is 170 cm³/mol. The maximum absolute atomic E-state index is 14.4.